The fraction of sp³-hybridized carbons (Fsp3) is 0. The van der Waals surface area contributed by atoms with Crippen LogP contribution in [0.15, 0.2) is 83.5 Å². The summed E-state index contributed by atoms with van der Waals surface area (Å²) in [7, 11) is 0. The van der Waals surface area contributed by atoms with Crippen LogP contribution in [-0.2, 0) is 9.59 Å². The third kappa shape index (κ3) is 4.03. The number of benzene rings is 3. The molecule has 32 heavy (non-hydrogen) atoms. The van der Waals surface area contributed by atoms with Gasteiger partial charge in [0.1, 0.15) is 16.5 Å². The van der Waals surface area contributed by atoms with Gasteiger partial charge in [-0.2, -0.15) is 0 Å². The number of aromatic hydroxyl groups is 1. The summed E-state index contributed by atoms with van der Waals surface area (Å²) < 4.78 is 0. The molecular formula is C23H15Cl2N3O4. The first-order chi connectivity index (χ1) is 15.4. The van der Waals surface area contributed by atoms with Gasteiger partial charge in [0.15, 0.2) is 0 Å². The SMILES string of the molecule is O=C(Nc1ccccc1O)c1ccc(NC2=C(Cl)C(=O)N(c3ccccc3Cl)C2=O)cc1. The number of phenolic OH excluding ortho intramolecular Hbond substituents is 1. The van der Waals surface area contributed by atoms with Crippen LogP contribution in [-0.4, -0.2) is 22.8 Å². The van der Waals surface area contributed by atoms with Crippen molar-refractivity contribution < 1.29 is 19.5 Å². The summed E-state index contributed by atoms with van der Waals surface area (Å²) in [5.41, 5.74) is 1.19. The predicted molar refractivity (Wildman–Crippen MR) is 123 cm³/mol. The molecular weight excluding hydrogens is 453 g/mol. The van der Waals surface area contributed by atoms with Crippen LogP contribution in [0.25, 0.3) is 0 Å². The summed E-state index contributed by atoms with van der Waals surface area (Å²) in [6.07, 6.45) is 0. The van der Waals surface area contributed by atoms with Crippen LogP contribution in [0.5, 0.6) is 5.75 Å². The average Bonchev–Trinajstić information content (AvgIpc) is 2.99. The lowest BCUT2D eigenvalue weighted by molar-refractivity contribution is -0.120. The van der Waals surface area contributed by atoms with Crippen molar-refractivity contribution in [3.05, 3.63) is 94.1 Å². The Kier molecular flexibility index (Phi) is 5.85. The minimum absolute atomic E-state index is 0.0480. The van der Waals surface area contributed by atoms with Crippen molar-refractivity contribution in [3.63, 3.8) is 0 Å². The predicted octanol–water partition coefficient (Wildman–Crippen LogP) is 4.73. The number of para-hydroxylation sites is 3. The zero-order chi connectivity index (χ0) is 22.8. The first-order valence-corrected chi connectivity index (χ1v) is 10.1. The van der Waals surface area contributed by atoms with E-state index in [-0.39, 0.29) is 32.9 Å². The largest absolute Gasteiger partial charge is 0.506 e. The van der Waals surface area contributed by atoms with Gasteiger partial charge in [-0.15, -0.1) is 0 Å². The Morgan fingerprint density at radius 1 is 0.844 bits per heavy atom. The molecule has 1 heterocycles. The van der Waals surface area contributed by atoms with Gasteiger partial charge in [-0.25, -0.2) is 4.90 Å². The number of phenols is 1. The molecule has 0 unspecified atom stereocenters. The molecule has 0 fully saturated rings. The lowest BCUT2D eigenvalue weighted by Gasteiger charge is -2.16. The zero-order valence-electron chi connectivity index (χ0n) is 16.3. The summed E-state index contributed by atoms with van der Waals surface area (Å²) in [4.78, 5) is 38.7. The van der Waals surface area contributed by atoms with Gasteiger partial charge in [-0.1, -0.05) is 47.5 Å². The summed E-state index contributed by atoms with van der Waals surface area (Å²) >= 11 is 12.3. The van der Waals surface area contributed by atoms with E-state index in [1.165, 1.54) is 18.2 Å². The fourth-order valence-electron chi connectivity index (χ4n) is 3.09. The molecule has 3 aromatic rings. The highest BCUT2D eigenvalue weighted by atomic mass is 35.5. The Morgan fingerprint density at radius 2 is 1.50 bits per heavy atom. The van der Waals surface area contributed by atoms with Gasteiger partial charge < -0.3 is 15.7 Å². The molecule has 0 saturated heterocycles. The van der Waals surface area contributed by atoms with E-state index in [0.717, 1.165) is 4.90 Å². The molecule has 3 amide bonds. The molecule has 0 aliphatic carbocycles. The lowest BCUT2D eigenvalue weighted by Crippen LogP contribution is -2.32. The Hall–Kier alpha value is -3.81. The fourth-order valence-corrected chi connectivity index (χ4v) is 3.52. The standard InChI is InChI=1S/C23H15Cl2N3O4/c24-15-5-1-3-7-17(15)28-22(31)19(25)20(23(28)32)26-14-11-9-13(10-12-14)21(30)27-16-6-2-4-8-18(16)29/h1-12,26,29H,(H,27,30). The number of nitrogens with one attached hydrogen (secondary N) is 2. The van der Waals surface area contributed by atoms with E-state index in [4.69, 9.17) is 23.2 Å². The van der Waals surface area contributed by atoms with Gasteiger partial charge in [-0.3, -0.25) is 14.4 Å². The molecule has 0 radical (unpaired) electrons. The van der Waals surface area contributed by atoms with Crippen LogP contribution in [0, 0.1) is 0 Å². The molecule has 0 spiro atoms. The number of carbonyl (C=O) groups excluding carboxylic acids is 3. The smallest absolute Gasteiger partial charge is 0.283 e. The van der Waals surface area contributed by atoms with Gasteiger partial charge in [-0.05, 0) is 48.5 Å². The van der Waals surface area contributed by atoms with Crippen molar-refractivity contribution in [2.45, 2.75) is 0 Å². The van der Waals surface area contributed by atoms with Crippen molar-refractivity contribution in [1.29, 1.82) is 0 Å². The Balaban J connectivity index is 1.50. The van der Waals surface area contributed by atoms with E-state index in [1.807, 2.05) is 0 Å². The first kappa shape index (κ1) is 21.4. The number of halogens is 2. The van der Waals surface area contributed by atoms with Crippen LogP contribution < -0.4 is 15.5 Å². The van der Waals surface area contributed by atoms with Crippen LogP contribution in [0.2, 0.25) is 5.02 Å². The van der Waals surface area contributed by atoms with Crippen molar-refractivity contribution >= 4 is 58.0 Å². The van der Waals surface area contributed by atoms with E-state index in [0.29, 0.717) is 11.3 Å². The monoisotopic (exact) mass is 467 g/mol. The summed E-state index contributed by atoms with van der Waals surface area (Å²) in [5, 5.41) is 15.2. The van der Waals surface area contributed by atoms with Gasteiger partial charge in [0, 0.05) is 11.3 Å². The zero-order valence-corrected chi connectivity index (χ0v) is 17.8. The summed E-state index contributed by atoms with van der Waals surface area (Å²) in [6.45, 7) is 0. The number of hydrogen-bond acceptors (Lipinski definition) is 5. The Labute approximate surface area is 192 Å². The number of carbonyl (C=O) groups is 3. The summed E-state index contributed by atoms with van der Waals surface area (Å²) in [6, 6.07) is 19.0. The highest BCUT2D eigenvalue weighted by molar-refractivity contribution is 6.53. The van der Waals surface area contributed by atoms with E-state index in [2.05, 4.69) is 10.6 Å². The molecule has 7 nitrogen and oxygen atoms in total. The van der Waals surface area contributed by atoms with E-state index in [1.54, 1.807) is 54.6 Å². The molecule has 0 aromatic heterocycles. The second-order valence-corrected chi connectivity index (χ2v) is 7.54. The normalized spacial score (nSPS) is 13.5. The van der Waals surface area contributed by atoms with Crippen LogP contribution in [0.4, 0.5) is 17.1 Å². The van der Waals surface area contributed by atoms with Gasteiger partial charge >= 0.3 is 0 Å². The van der Waals surface area contributed by atoms with E-state index in [9.17, 15) is 19.5 Å². The number of imide groups is 1. The van der Waals surface area contributed by atoms with Gasteiger partial charge in [0.05, 0.1) is 16.4 Å². The second kappa shape index (κ2) is 8.74. The highest BCUT2D eigenvalue weighted by Crippen LogP contribution is 2.34. The molecule has 0 atom stereocenters. The van der Waals surface area contributed by atoms with Crippen LogP contribution in [0.1, 0.15) is 10.4 Å². The van der Waals surface area contributed by atoms with Gasteiger partial charge in [0.25, 0.3) is 17.7 Å². The maximum Gasteiger partial charge on any atom is 0.283 e. The van der Waals surface area contributed by atoms with Crippen molar-refractivity contribution in [2.24, 2.45) is 0 Å². The number of nitrogens with zero attached hydrogens (tertiary/aromatic N) is 1. The van der Waals surface area contributed by atoms with Gasteiger partial charge in [0.2, 0.25) is 0 Å². The molecule has 3 N–H and O–H groups in total. The maximum absolute atomic E-state index is 12.8. The van der Waals surface area contributed by atoms with E-state index >= 15 is 0 Å². The molecule has 4 rings (SSSR count). The Bertz CT molecular complexity index is 1270. The number of hydrogen-bond donors (Lipinski definition) is 3. The first-order valence-electron chi connectivity index (χ1n) is 9.36. The van der Waals surface area contributed by atoms with Crippen LogP contribution in [0.3, 0.4) is 0 Å². The molecule has 3 aromatic carbocycles. The third-order valence-electron chi connectivity index (χ3n) is 4.69. The maximum atomic E-state index is 12.8. The van der Waals surface area contributed by atoms with E-state index < -0.39 is 17.7 Å². The average molecular weight is 468 g/mol. The van der Waals surface area contributed by atoms with Crippen molar-refractivity contribution in [2.75, 3.05) is 15.5 Å². The second-order valence-electron chi connectivity index (χ2n) is 6.76. The highest BCUT2D eigenvalue weighted by Gasteiger charge is 2.39. The van der Waals surface area contributed by atoms with Crippen molar-refractivity contribution in [1.82, 2.24) is 0 Å². The molecule has 9 heteroatoms. The molecule has 1 aliphatic heterocycles. The topological polar surface area (TPSA) is 98.7 Å². The molecule has 0 saturated carbocycles. The van der Waals surface area contributed by atoms with Crippen molar-refractivity contribution in [3.8, 4) is 5.75 Å². The summed E-state index contributed by atoms with van der Waals surface area (Å²) in [5.74, 6) is -1.80. The number of anilines is 3. The number of amides is 3. The Morgan fingerprint density at radius 3 is 2.19 bits per heavy atom. The number of rotatable bonds is 5. The van der Waals surface area contributed by atoms with Crippen LogP contribution >= 0.6 is 23.2 Å². The molecule has 160 valence electrons. The third-order valence-corrected chi connectivity index (χ3v) is 5.36. The lowest BCUT2D eigenvalue weighted by atomic mass is 10.2. The quantitative estimate of drug-likeness (QED) is 0.372. The molecule has 0 bridgehead atoms. The minimum Gasteiger partial charge on any atom is -0.506 e. The minimum atomic E-state index is -0.689. The molecule has 1 aliphatic rings.